The van der Waals surface area contributed by atoms with Crippen molar-refractivity contribution in [2.24, 2.45) is 0 Å². The van der Waals surface area contributed by atoms with Gasteiger partial charge in [-0.05, 0) is 18.4 Å². The van der Waals surface area contributed by atoms with Gasteiger partial charge >= 0.3 is 5.97 Å². The number of carboxylic acids is 1. The lowest BCUT2D eigenvalue weighted by Crippen LogP contribution is -1.94. The van der Waals surface area contributed by atoms with Crippen LogP contribution in [0, 0.1) is 6.92 Å². The van der Waals surface area contributed by atoms with Crippen LogP contribution >= 0.6 is 11.3 Å². The van der Waals surface area contributed by atoms with Crippen LogP contribution < -0.4 is 5.32 Å². The number of carboxylic acid groups (broad SMARTS) is 1. The average molecular weight is 284 g/mol. The highest BCUT2D eigenvalue weighted by atomic mass is 32.1. The van der Waals surface area contributed by atoms with Gasteiger partial charge in [0.1, 0.15) is 4.88 Å². The predicted octanol–water partition coefficient (Wildman–Crippen LogP) is 4.05. The summed E-state index contributed by atoms with van der Waals surface area (Å²) in [5.41, 5.74) is 1.46. The fraction of sp³-hybridized carbons (Fsp3) is 0.0667. The third-order valence-electron chi connectivity index (χ3n) is 3.02. The van der Waals surface area contributed by atoms with Crippen LogP contribution in [0.3, 0.4) is 0 Å². The first-order valence-corrected chi connectivity index (χ1v) is 6.92. The third-order valence-corrected chi connectivity index (χ3v) is 4.08. The molecule has 20 heavy (non-hydrogen) atoms. The molecule has 0 aliphatic heterocycles. The Balaban J connectivity index is 2.01. The molecule has 1 heterocycles. The SMILES string of the molecule is Cc1nc(Nc2cccc3ccccc23)sc1C(=O)O. The Bertz CT molecular complexity index is 790. The molecule has 4 nitrogen and oxygen atoms in total. The van der Waals surface area contributed by atoms with Gasteiger partial charge in [-0.25, -0.2) is 9.78 Å². The van der Waals surface area contributed by atoms with E-state index in [1.165, 1.54) is 0 Å². The number of hydrogen-bond acceptors (Lipinski definition) is 4. The van der Waals surface area contributed by atoms with Crippen molar-refractivity contribution in [3.8, 4) is 0 Å². The van der Waals surface area contributed by atoms with Crippen LogP contribution in [0.5, 0.6) is 0 Å². The molecule has 0 aliphatic carbocycles. The molecule has 0 fully saturated rings. The zero-order valence-corrected chi connectivity index (χ0v) is 11.6. The zero-order valence-electron chi connectivity index (χ0n) is 10.8. The molecule has 1 aromatic heterocycles. The molecule has 0 spiro atoms. The van der Waals surface area contributed by atoms with Gasteiger partial charge in [-0.3, -0.25) is 0 Å². The lowest BCUT2D eigenvalue weighted by Gasteiger charge is -2.06. The number of benzene rings is 2. The third kappa shape index (κ3) is 2.23. The second-order valence-corrected chi connectivity index (χ2v) is 5.39. The molecule has 100 valence electrons. The monoisotopic (exact) mass is 284 g/mol. The molecule has 0 saturated heterocycles. The van der Waals surface area contributed by atoms with Crippen LogP contribution in [0.2, 0.25) is 0 Å². The second-order valence-electron chi connectivity index (χ2n) is 4.39. The lowest BCUT2D eigenvalue weighted by molar-refractivity contribution is 0.0701. The first-order valence-electron chi connectivity index (χ1n) is 6.10. The fourth-order valence-corrected chi connectivity index (χ4v) is 2.92. The van der Waals surface area contributed by atoms with Crippen LogP contribution in [0.15, 0.2) is 42.5 Å². The van der Waals surface area contributed by atoms with Gasteiger partial charge in [-0.1, -0.05) is 47.7 Å². The van der Waals surface area contributed by atoms with Crippen molar-refractivity contribution >= 4 is 38.9 Å². The highest BCUT2D eigenvalue weighted by Crippen LogP contribution is 2.29. The van der Waals surface area contributed by atoms with Crippen molar-refractivity contribution in [3.05, 3.63) is 53.0 Å². The number of aryl methyl sites for hydroxylation is 1. The number of anilines is 2. The summed E-state index contributed by atoms with van der Waals surface area (Å²) in [4.78, 5) is 15.6. The van der Waals surface area contributed by atoms with Crippen LogP contribution in [-0.4, -0.2) is 16.1 Å². The van der Waals surface area contributed by atoms with Crippen molar-refractivity contribution in [3.63, 3.8) is 0 Å². The number of thiazole rings is 1. The minimum Gasteiger partial charge on any atom is -0.477 e. The van der Waals surface area contributed by atoms with Gasteiger partial charge in [0.15, 0.2) is 5.13 Å². The molecule has 0 saturated carbocycles. The van der Waals surface area contributed by atoms with Gasteiger partial charge in [-0.2, -0.15) is 0 Å². The van der Waals surface area contributed by atoms with E-state index in [2.05, 4.69) is 10.3 Å². The minimum absolute atomic E-state index is 0.271. The van der Waals surface area contributed by atoms with Gasteiger partial charge in [0.25, 0.3) is 0 Å². The molecule has 2 aromatic carbocycles. The largest absolute Gasteiger partial charge is 0.477 e. The molecule has 0 atom stereocenters. The van der Waals surface area contributed by atoms with Gasteiger partial charge < -0.3 is 10.4 Å². The first-order chi connectivity index (χ1) is 9.65. The predicted molar refractivity (Wildman–Crippen MR) is 81.0 cm³/mol. The molecule has 5 heteroatoms. The smallest absolute Gasteiger partial charge is 0.347 e. The van der Waals surface area contributed by atoms with Gasteiger partial charge in [0, 0.05) is 11.1 Å². The Morgan fingerprint density at radius 1 is 1.20 bits per heavy atom. The molecular formula is C15H12N2O2S. The Kier molecular flexibility index (Phi) is 3.12. The summed E-state index contributed by atoms with van der Waals surface area (Å²) < 4.78 is 0. The number of aromatic carboxylic acids is 1. The highest BCUT2D eigenvalue weighted by Gasteiger charge is 2.14. The van der Waals surface area contributed by atoms with E-state index in [0.29, 0.717) is 10.8 Å². The summed E-state index contributed by atoms with van der Waals surface area (Å²) in [5.74, 6) is -0.939. The standard InChI is InChI=1S/C15H12N2O2S/c1-9-13(14(18)19)20-15(16-9)17-12-8-4-6-10-5-2-3-7-11(10)12/h2-8H,1H3,(H,16,17)(H,18,19). The molecule has 2 N–H and O–H groups in total. The number of aromatic nitrogens is 1. The van der Waals surface area contributed by atoms with E-state index >= 15 is 0 Å². The van der Waals surface area contributed by atoms with E-state index in [0.717, 1.165) is 27.8 Å². The lowest BCUT2D eigenvalue weighted by atomic mass is 10.1. The summed E-state index contributed by atoms with van der Waals surface area (Å²) in [5, 5.41) is 15.1. The molecular weight excluding hydrogens is 272 g/mol. The maximum atomic E-state index is 11.0. The highest BCUT2D eigenvalue weighted by molar-refractivity contribution is 7.17. The van der Waals surface area contributed by atoms with E-state index in [9.17, 15) is 4.79 Å². The molecule has 3 rings (SSSR count). The molecule has 0 bridgehead atoms. The molecule has 3 aromatic rings. The summed E-state index contributed by atoms with van der Waals surface area (Å²) >= 11 is 1.15. The number of carbonyl (C=O) groups is 1. The average Bonchev–Trinajstić information content (AvgIpc) is 2.80. The van der Waals surface area contributed by atoms with Gasteiger partial charge in [0.05, 0.1) is 5.69 Å². The maximum absolute atomic E-state index is 11.0. The Morgan fingerprint density at radius 2 is 1.95 bits per heavy atom. The quantitative estimate of drug-likeness (QED) is 0.761. The van der Waals surface area contributed by atoms with Crippen LogP contribution in [0.1, 0.15) is 15.4 Å². The van der Waals surface area contributed by atoms with E-state index in [1.807, 2.05) is 42.5 Å². The minimum atomic E-state index is -0.939. The summed E-state index contributed by atoms with van der Waals surface area (Å²) in [7, 11) is 0. The molecule has 0 aliphatic rings. The first kappa shape index (κ1) is 12.6. The van der Waals surface area contributed by atoms with E-state index < -0.39 is 5.97 Å². The van der Waals surface area contributed by atoms with Crippen molar-refractivity contribution in [2.75, 3.05) is 5.32 Å². The van der Waals surface area contributed by atoms with E-state index in [1.54, 1.807) is 6.92 Å². The van der Waals surface area contributed by atoms with E-state index in [4.69, 9.17) is 5.11 Å². The molecule has 0 radical (unpaired) electrons. The number of fused-ring (bicyclic) bond motifs is 1. The second kappa shape index (κ2) is 4.94. The normalized spacial score (nSPS) is 10.7. The van der Waals surface area contributed by atoms with Crippen molar-refractivity contribution in [1.29, 1.82) is 0 Å². The summed E-state index contributed by atoms with van der Waals surface area (Å²) in [6.45, 7) is 1.70. The van der Waals surface area contributed by atoms with Crippen LogP contribution in [0.25, 0.3) is 10.8 Å². The number of nitrogens with one attached hydrogen (secondary N) is 1. The summed E-state index contributed by atoms with van der Waals surface area (Å²) in [6.07, 6.45) is 0. The molecule has 0 unspecified atom stereocenters. The van der Waals surface area contributed by atoms with Crippen molar-refractivity contribution in [1.82, 2.24) is 4.98 Å². The fourth-order valence-electron chi connectivity index (χ4n) is 2.10. The zero-order chi connectivity index (χ0) is 14.1. The maximum Gasteiger partial charge on any atom is 0.347 e. The van der Waals surface area contributed by atoms with Crippen LogP contribution in [0.4, 0.5) is 10.8 Å². The number of nitrogens with zero attached hydrogens (tertiary/aromatic N) is 1. The molecule has 0 amide bonds. The Morgan fingerprint density at radius 3 is 2.70 bits per heavy atom. The van der Waals surface area contributed by atoms with Gasteiger partial charge in [0.2, 0.25) is 0 Å². The Labute approximate surface area is 119 Å². The number of rotatable bonds is 3. The van der Waals surface area contributed by atoms with Crippen LogP contribution in [-0.2, 0) is 0 Å². The van der Waals surface area contributed by atoms with E-state index in [-0.39, 0.29) is 4.88 Å². The van der Waals surface area contributed by atoms with Crippen molar-refractivity contribution in [2.45, 2.75) is 6.92 Å². The number of hydrogen-bond donors (Lipinski definition) is 2. The van der Waals surface area contributed by atoms with Gasteiger partial charge in [-0.15, -0.1) is 0 Å². The topological polar surface area (TPSA) is 62.2 Å². The summed E-state index contributed by atoms with van der Waals surface area (Å²) in [6, 6.07) is 14.0. The Hall–Kier alpha value is -2.40. The van der Waals surface area contributed by atoms with Crippen molar-refractivity contribution < 1.29 is 9.90 Å².